The van der Waals surface area contributed by atoms with Crippen molar-refractivity contribution < 1.29 is 56.1 Å². The summed E-state index contributed by atoms with van der Waals surface area (Å²) in [5, 5.41) is 0. The second kappa shape index (κ2) is 24.0. The molecule has 0 N–H and O–H groups in total. The summed E-state index contributed by atoms with van der Waals surface area (Å²) in [7, 11) is 0. The minimum Gasteiger partial charge on any atom is -0.358 e. The molecule has 8 heavy (non-hydrogen) atoms. The molecule has 0 heterocycles. The van der Waals surface area contributed by atoms with Crippen LogP contribution in [-0.4, -0.2) is 5.78 Å². The topological polar surface area (TPSA) is 17.1 Å². The van der Waals surface area contributed by atoms with E-state index < -0.39 is 0 Å². The second-order valence-electron chi connectivity index (χ2n) is 0.702. The van der Waals surface area contributed by atoms with E-state index in [9.17, 15) is 4.79 Å². The molecular formula is C5H11OVY-3. The van der Waals surface area contributed by atoms with Gasteiger partial charge in [-0.2, -0.15) is 0 Å². The fraction of sp³-hybridized carbons (Fsp3) is 0.200. The van der Waals surface area contributed by atoms with Crippen LogP contribution in [0.1, 0.15) is 6.92 Å². The van der Waals surface area contributed by atoms with Crippen molar-refractivity contribution in [2.75, 3.05) is 0 Å². The second-order valence-corrected chi connectivity index (χ2v) is 0.702. The van der Waals surface area contributed by atoms with Crippen molar-refractivity contribution in [3.8, 4) is 0 Å². The molecule has 0 aromatic heterocycles. The fourth-order valence-corrected chi connectivity index (χ4v) is 0. The molecule has 0 aromatic carbocycles. The molecule has 0 fully saturated rings. The molecule has 0 aromatic rings. The third kappa shape index (κ3) is 186. The summed E-state index contributed by atoms with van der Waals surface area (Å²) in [4.78, 5) is 9.33. The van der Waals surface area contributed by atoms with E-state index in [1.54, 1.807) is 0 Å². The number of hydrogen-bond acceptors (Lipinski definition) is 1. The van der Waals surface area contributed by atoms with Gasteiger partial charge in [0.1, 0.15) is 0 Å². The first-order valence-electron chi connectivity index (χ1n) is 1.06. The van der Waals surface area contributed by atoms with Crippen molar-refractivity contribution in [3.63, 3.8) is 0 Å². The quantitative estimate of drug-likeness (QED) is 0.570. The van der Waals surface area contributed by atoms with Gasteiger partial charge in [-0.1, -0.05) is 0 Å². The molecule has 0 aliphatic carbocycles. The van der Waals surface area contributed by atoms with Crippen molar-refractivity contribution >= 4 is 5.78 Å². The third-order valence-corrected chi connectivity index (χ3v) is 0. The number of Topliss-reactive ketones (excluding diaryl/α,β-unsaturated/α-hetero) is 1. The first kappa shape index (κ1) is 34.9. The first-order chi connectivity index (χ1) is 1.73. The van der Waals surface area contributed by atoms with Crippen LogP contribution in [-0.2, 0) is 56.1 Å². The van der Waals surface area contributed by atoms with Crippen LogP contribution in [0.5, 0.6) is 0 Å². The van der Waals surface area contributed by atoms with Gasteiger partial charge in [-0.25, -0.2) is 0 Å². The van der Waals surface area contributed by atoms with Crippen LogP contribution in [0, 0.1) is 21.8 Å². The van der Waals surface area contributed by atoms with Crippen molar-refractivity contribution in [1.82, 2.24) is 0 Å². The average Bonchev–Trinajstić information content (AvgIpc) is 0.811. The summed E-state index contributed by atoms with van der Waals surface area (Å²) in [6, 6.07) is 0. The fourth-order valence-electron chi connectivity index (χ4n) is 0. The molecule has 48 valence electrons. The van der Waals surface area contributed by atoms with Crippen LogP contribution in [0.3, 0.4) is 0 Å². The molecular weight excluding hydrogens is 216 g/mol. The Hall–Kier alpha value is 1.23. The Morgan fingerprint density at radius 1 is 1.38 bits per heavy atom. The molecule has 0 bridgehead atoms. The normalized spacial score (nSPS) is 3.12. The first-order valence-corrected chi connectivity index (χ1v) is 1.06. The van der Waals surface area contributed by atoms with E-state index in [1.165, 1.54) is 6.92 Å². The molecule has 0 amide bonds. The van der Waals surface area contributed by atoms with E-state index in [-0.39, 0.29) is 71.9 Å². The van der Waals surface area contributed by atoms with Crippen LogP contribution >= 0.6 is 0 Å². The van der Waals surface area contributed by atoms with E-state index in [1.807, 2.05) is 0 Å². The van der Waals surface area contributed by atoms with E-state index >= 15 is 0 Å². The summed E-state index contributed by atoms with van der Waals surface area (Å²) in [5.41, 5.74) is 0. The minimum atomic E-state index is -0.0833. The number of rotatable bonds is 0. The molecule has 0 unspecified atom stereocenters. The maximum Gasteiger partial charge on any atom is 0 e. The predicted octanol–water partition coefficient (Wildman–Crippen LogP) is 1.31. The van der Waals surface area contributed by atoms with E-state index in [4.69, 9.17) is 0 Å². The van der Waals surface area contributed by atoms with Crippen LogP contribution in [0.15, 0.2) is 0 Å². The summed E-state index contributed by atoms with van der Waals surface area (Å²) in [5.74, 6) is -0.0833. The molecule has 0 spiro atoms. The minimum absolute atomic E-state index is 0. The molecule has 3 heteroatoms. The molecule has 0 rings (SSSR count). The van der Waals surface area contributed by atoms with Crippen LogP contribution in [0.25, 0.3) is 0 Å². The molecule has 0 saturated heterocycles. The van der Waals surface area contributed by atoms with Gasteiger partial charge < -0.3 is 26.6 Å². The summed E-state index contributed by atoms with van der Waals surface area (Å²) < 4.78 is 0. The molecule has 0 aliphatic rings. The maximum atomic E-state index is 9.33. The Bertz CT molecular complexity index is 35.4. The van der Waals surface area contributed by atoms with Crippen LogP contribution in [0.2, 0.25) is 0 Å². The van der Waals surface area contributed by atoms with E-state index in [0.717, 1.165) is 0 Å². The molecule has 1 nitrogen and oxygen atoms in total. The van der Waals surface area contributed by atoms with Crippen molar-refractivity contribution in [1.29, 1.82) is 0 Å². The molecule has 0 atom stereocenters. The summed E-state index contributed by atoms with van der Waals surface area (Å²) >= 11 is 0. The van der Waals surface area contributed by atoms with Gasteiger partial charge in [0.2, 0.25) is 0 Å². The molecule has 0 saturated carbocycles. The number of carbonyl (C=O) groups is 1. The number of carbonyl (C=O) groups excluding carboxylic acids is 1. The van der Waals surface area contributed by atoms with Gasteiger partial charge in [-0.3, -0.25) is 0 Å². The van der Waals surface area contributed by atoms with Crippen LogP contribution in [0.4, 0.5) is 0 Å². The number of hydrogen-bond donors (Lipinski definition) is 0. The SMILES string of the molecule is [CH2-]C(C)=O.[CH3-].[CH3-].[V].[Y]. The van der Waals surface area contributed by atoms with Crippen molar-refractivity contribution in [2.45, 2.75) is 6.92 Å². The zero-order valence-electron chi connectivity index (χ0n) is 5.64. The Labute approximate surface area is 89.8 Å². The zero-order chi connectivity index (χ0) is 3.58. The Morgan fingerprint density at radius 2 is 1.38 bits per heavy atom. The van der Waals surface area contributed by atoms with Gasteiger partial charge in [0.15, 0.2) is 0 Å². The van der Waals surface area contributed by atoms with E-state index in [2.05, 4.69) is 6.92 Å². The Kier molecular flexibility index (Phi) is 105. The Balaban J connectivity index is -0.00000000750. The van der Waals surface area contributed by atoms with Gasteiger partial charge in [0.05, 0.1) is 0 Å². The summed E-state index contributed by atoms with van der Waals surface area (Å²) in [6.45, 7) is 4.42. The summed E-state index contributed by atoms with van der Waals surface area (Å²) in [6.07, 6.45) is 0. The zero-order valence-corrected chi connectivity index (χ0v) is 9.87. The van der Waals surface area contributed by atoms with Gasteiger partial charge in [-0.15, -0.1) is 0 Å². The van der Waals surface area contributed by atoms with Gasteiger partial charge in [0.25, 0.3) is 0 Å². The largest absolute Gasteiger partial charge is 0.358 e. The Morgan fingerprint density at radius 3 is 1.38 bits per heavy atom. The van der Waals surface area contributed by atoms with Gasteiger partial charge >= 0.3 is 0 Å². The third-order valence-electron chi connectivity index (χ3n) is 0. The van der Waals surface area contributed by atoms with Gasteiger partial charge in [-0.05, 0) is 12.7 Å². The molecule has 0 aliphatic heterocycles. The average molecular weight is 227 g/mol. The van der Waals surface area contributed by atoms with Crippen LogP contribution < -0.4 is 0 Å². The predicted molar refractivity (Wildman–Crippen MR) is 28.9 cm³/mol. The maximum absolute atomic E-state index is 9.33. The van der Waals surface area contributed by atoms with E-state index in [0.29, 0.717) is 0 Å². The number of ketones is 1. The van der Waals surface area contributed by atoms with Gasteiger partial charge in [0, 0.05) is 51.3 Å². The van der Waals surface area contributed by atoms with Crippen molar-refractivity contribution in [3.05, 3.63) is 21.8 Å². The smallest absolute Gasteiger partial charge is 0 e. The molecule has 2 radical (unpaired) electrons. The van der Waals surface area contributed by atoms with Crippen molar-refractivity contribution in [2.24, 2.45) is 0 Å². The standard InChI is InChI=1S/C3H5O.2CH3.V.Y/c1-3(2)4;;;;/h1H2,2H3;2*1H3;;/q3*-1;;. The monoisotopic (exact) mass is 227 g/mol.